The van der Waals surface area contributed by atoms with E-state index in [4.69, 9.17) is 0 Å². The van der Waals surface area contributed by atoms with Crippen molar-refractivity contribution in [1.29, 1.82) is 0 Å². The van der Waals surface area contributed by atoms with Crippen molar-refractivity contribution in [2.24, 2.45) is 0 Å². The molecule has 0 saturated carbocycles. The largest absolute Gasteiger partial charge is 0.298 e. The van der Waals surface area contributed by atoms with Crippen molar-refractivity contribution in [2.45, 2.75) is 27.2 Å². The molecule has 3 nitrogen and oxygen atoms in total. The summed E-state index contributed by atoms with van der Waals surface area (Å²) in [6, 6.07) is 5.54. The number of carbonyl (C=O) groups excluding carboxylic acids is 2. The molecule has 106 valence electrons. The Morgan fingerprint density at radius 2 is 1.90 bits per heavy atom. The minimum absolute atomic E-state index is 0.134. The van der Waals surface area contributed by atoms with Gasteiger partial charge in [0.1, 0.15) is 5.82 Å². The first kappa shape index (κ1) is 15.8. The number of carbonyl (C=O) groups is 2. The SMILES string of the molecule is C/C=C\N(C(=O)/C(C=O)=C(\C)CC)c1ccc(F)cc1. The van der Waals surface area contributed by atoms with Crippen LogP contribution in [0.15, 0.2) is 47.7 Å². The third-order valence-corrected chi connectivity index (χ3v) is 2.96. The Labute approximate surface area is 118 Å². The van der Waals surface area contributed by atoms with E-state index in [-0.39, 0.29) is 11.4 Å². The van der Waals surface area contributed by atoms with Gasteiger partial charge in [0, 0.05) is 11.9 Å². The van der Waals surface area contributed by atoms with Crippen molar-refractivity contribution in [3.8, 4) is 0 Å². The number of aldehydes is 1. The Kier molecular flexibility index (Phi) is 5.84. The summed E-state index contributed by atoms with van der Waals surface area (Å²) in [6.07, 6.45) is 4.43. The lowest BCUT2D eigenvalue weighted by Crippen LogP contribution is -2.28. The molecule has 0 atom stereocenters. The summed E-state index contributed by atoms with van der Waals surface area (Å²) >= 11 is 0. The number of hydrogen-bond acceptors (Lipinski definition) is 2. The first-order valence-corrected chi connectivity index (χ1v) is 6.42. The molecule has 0 spiro atoms. The fourth-order valence-corrected chi connectivity index (χ4v) is 1.68. The number of anilines is 1. The van der Waals surface area contributed by atoms with Gasteiger partial charge >= 0.3 is 0 Å². The van der Waals surface area contributed by atoms with Gasteiger partial charge in [-0.1, -0.05) is 18.6 Å². The lowest BCUT2D eigenvalue weighted by atomic mass is 10.1. The molecule has 0 N–H and O–H groups in total. The molecule has 0 fully saturated rings. The summed E-state index contributed by atoms with van der Waals surface area (Å²) in [7, 11) is 0. The summed E-state index contributed by atoms with van der Waals surface area (Å²) in [5.74, 6) is -0.790. The highest BCUT2D eigenvalue weighted by Gasteiger charge is 2.19. The van der Waals surface area contributed by atoms with E-state index in [0.29, 0.717) is 18.4 Å². The van der Waals surface area contributed by atoms with Crippen LogP contribution in [0.4, 0.5) is 10.1 Å². The number of halogens is 1. The molecule has 0 heterocycles. The molecule has 1 rings (SSSR count). The maximum absolute atomic E-state index is 13.0. The predicted molar refractivity (Wildman–Crippen MR) is 77.8 cm³/mol. The first-order valence-electron chi connectivity index (χ1n) is 6.42. The lowest BCUT2D eigenvalue weighted by molar-refractivity contribution is -0.116. The molecular formula is C16H18FNO2. The van der Waals surface area contributed by atoms with Gasteiger partial charge in [-0.2, -0.15) is 0 Å². The number of benzene rings is 1. The lowest BCUT2D eigenvalue weighted by Gasteiger charge is -2.19. The molecule has 0 aliphatic rings. The molecule has 1 aromatic carbocycles. The van der Waals surface area contributed by atoms with Crippen molar-refractivity contribution in [2.75, 3.05) is 4.90 Å². The fourth-order valence-electron chi connectivity index (χ4n) is 1.68. The van der Waals surface area contributed by atoms with E-state index in [1.165, 1.54) is 29.2 Å². The fraction of sp³-hybridized carbons (Fsp3) is 0.250. The molecule has 4 heteroatoms. The van der Waals surface area contributed by atoms with E-state index in [0.717, 1.165) is 5.57 Å². The minimum atomic E-state index is -0.413. The Hall–Kier alpha value is -2.23. The second kappa shape index (κ2) is 7.38. The number of nitrogens with zero attached hydrogens (tertiary/aromatic N) is 1. The molecule has 1 amide bonds. The van der Waals surface area contributed by atoms with Crippen LogP contribution in [0.2, 0.25) is 0 Å². The van der Waals surface area contributed by atoms with Crippen LogP contribution in [0.25, 0.3) is 0 Å². The topological polar surface area (TPSA) is 37.4 Å². The van der Waals surface area contributed by atoms with E-state index in [2.05, 4.69) is 0 Å². The van der Waals surface area contributed by atoms with Crippen LogP contribution in [-0.2, 0) is 9.59 Å². The Balaban J connectivity index is 3.24. The average Bonchev–Trinajstić information content (AvgIpc) is 2.46. The zero-order chi connectivity index (χ0) is 15.1. The monoisotopic (exact) mass is 275 g/mol. The summed E-state index contributed by atoms with van der Waals surface area (Å²) in [6.45, 7) is 5.39. The van der Waals surface area contributed by atoms with Gasteiger partial charge < -0.3 is 0 Å². The van der Waals surface area contributed by atoms with Crippen molar-refractivity contribution in [3.63, 3.8) is 0 Å². The molecule has 0 aliphatic heterocycles. The highest BCUT2D eigenvalue weighted by atomic mass is 19.1. The van der Waals surface area contributed by atoms with E-state index in [1.54, 1.807) is 26.1 Å². The summed E-state index contributed by atoms with van der Waals surface area (Å²) in [5, 5.41) is 0. The van der Waals surface area contributed by atoms with Crippen LogP contribution in [0.3, 0.4) is 0 Å². The van der Waals surface area contributed by atoms with E-state index in [9.17, 15) is 14.0 Å². The minimum Gasteiger partial charge on any atom is -0.298 e. The number of rotatable bonds is 5. The van der Waals surface area contributed by atoms with Crippen LogP contribution in [0.5, 0.6) is 0 Å². The molecule has 0 aliphatic carbocycles. The predicted octanol–water partition coefficient (Wildman–Crippen LogP) is 3.62. The van der Waals surface area contributed by atoms with Crippen molar-refractivity contribution < 1.29 is 14.0 Å². The second-order valence-corrected chi connectivity index (χ2v) is 4.30. The van der Waals surface area contributed by atoms with Crippen LogP contribution in [-0.4, -0.2) is 12.2 Å². The smallest absolute Gasteiger partial charge is 0.265 e. The van der Waals surface area contributed by atoms with Crippen LogP contribution >= 0.6 is 0 Å². The summed E-state index contributed by atoms with van der Waals surface area (Å²) in [4.78, 5) is 24.9. The van der Waals surface area contributed by atoms with Crippen LogP contribution in [0, 0.1) is 5.82 Å². The quantitative estimate of drug-likeness (QED) is 0.356. The Bertz CT molecular complexity index is 544. The molecule has 1 aromatic rings. The molecule has 20 heavy (non-hydrogen) atoms. The van der Waals surface area contributed by atoms with Gasteiger partial charge in [-0.25, -0.2) is 4.39 Å². The van der Waals surface area contributed by atoms with E-state index >= 15 is 0 Å². The number of allylic oxidation sites excluding steroid dienone is 2. The first-order chi connectivity index (χ1) is 9.54. The molecule has 0 radical (unpaired) electrons. The molecule has 0 aromatic heterocycles. The molecular weight excluding hydrogens is 257 g/mol. The third-order valence-electron chi connectivity index (χ3n) is 2.96. The van der Waals surface area contributed by atoms with Gasteiger partial charge in [-0.15, -0.1) is 0 Å². The van der Waals surface area contributed by atoms with Gasteiger partial charge in [0.15, 0.2) is 6.29 Å². The summed E-state index contributed by atoms with van der Waals surface area (Å²) < 4.78 is 13.0. The maximum atomic E-state index is 13.0. The van der Waals surface area contributed by atoms with Gasteiger partial charge in [0.25, 0.3) is 5.91 Å². The van der Waals surface area contributed by atoms with Gasteiger partial charge in [0.05, 0.1) is 5.57 Å². The normalized spacial score (nSPS) is 12.2. The molecule has 0 bridgehead atoms. The highest BCUT2D eigenvalue weighted by Crippen LogP contribution is 2.19. The standard InChI is InChI=1S/C16H18FNO2/c1-4-10-18(14-8-6-13(17)7-9-14)16(20)15(11-19)12(3)5-2/h4,6-11H,5H2,1-3H3/b10-4-,15-12+. The van der Waals surface area contributed by atoms with E-state index < -0.39 is 5.91 Å². The van der Waals surface area contributed by atoms with Crippen LogP contribution in [0.1, 0.15) is 27.2 Å². The second-order valence-electron chi connectivity index (χ2n) is 4.30. The summed E-state index contributed by atoms with van der Waals surface area (Å²) in [5.41, 5.74) is 1.37. The molecule has 0 unspecified atom stereocenters. The zero-order valence-corrected chi connectivity index (χ0v) is 11.9. The van der Waals surface area contributed by atoms with Crippen molar-refractivity contribution in [3.05, 3.63) is 53.5 Å². The maximum Gasteiger partial charge on any atom is 0.265 e. The van der Waals surface area contributed by atoms with Gasteiger partial charge in [-0.3, -0.25) is 14.5 Å². The van der Waals surface area contributed by atoms with E-state index in [1.807, 2.05) is 6.92 Å². The zero-order valence-electron chi connectivity index (χ0n) is 11.9. The average molecular weight is 275 g/mol. The van der Waals surface area contributed by atoms with Crippen molar-refractivity contribution >= 4 is 17.9 Å². The number of amides is 1. The Morgan fingerprint density at radius 1 is 1.30 bits per heavy atom. The van der Waals surface area contributed by atoms with Crippen molar-refractivity contribution in [1.82, 2.24) is 0 Å². The van der Waals surface area contributed by atoms with Gasteiger partial charge in [0.2, 0.25) is 0 Å². The molecule has 0 saturated heterocycles. The highest BCUT2D eigenvalue weighted by molar-refractivity contribution is 6.18. The third kappa shape index (κ3) is 3.63. The Morgan fingerprint density at radius 3 is 2.35 bits per heavy atom. The number of hydrogen-bond donors (Lipinski definition) is 0. The van der Waals surface area contributed by atoms with Crippen LogP contribution < -0.4 is 4.90 Å². The van der Waals surface area contributed by atoms with Gasteiger partial charge in [-0.05, 0) is 44.5 Å².